The molecule has 4 nitrogen and oxygen atoms in total. The van der Waals surface area contributed by atoms with E-state index in [1.165, 1.54) is 0 Å². The van der Waals surface area contributed by atoms with Crippen LogP contribution in [0, 0.1) is 0 Å². The Hall–Kier alpha value is -0.390. The zero-order valence-corrected chi connectivity index (χ0v) is 8.98. The summed E-state index contributed by atoms with van der Waals surface area (Å²) in [4.78, 5) is 0. The number of aliphatic hydroxyl groups excluding tert-OH is 2. The molecule has 0 radical (unpaired) electrons. The lowest BCUT2D eigenvalue weighted by atomic mass is 10.1. The zero-order valence-electron chi connectivity index (χ0n) is 7.39. The molecule has 1 heterocycles. The monoisotopic (exact) mass is 248 g/mol. The number of aromatic nitrogens is 2. The molecule has 0 aliphatic rings. The maximum absolute atomic E-state index is 9.56. The number of rotatable bonds is 4. The van der Waals surface area contributed by atoms with Crippen LogP contribution in [0.3, 0.4) is 0 Å². The molecule has 0 fully saturated rings. The molecule has 0 aliphatic carbocycles. The Morgan fingerprint density at radius 1 is 1.62 bits per heavy atom. The minimum Gasteiger partial charge on any atom is -0.389 e. The summed E-state index contributed by atoms with van der Waals surface area (Å²) in [6, 6.07) is 0. The molecular formula is C8H13BrN2O2. The summed E-state index contributed by atoms with van der Waals surface area (Å²) >= 11 is 3.10. The van der Waals surface area contributed by atoms with Crippen molar-refractivity contribution in [1.29, 1.82) is 0 Å². The van der Waals surface area contributed by atoms with E-state index >= 15 is 0 Å². The fourth-order valence-corrected chi connectivity index (χ4v) is 1.37. The lowest BCUT2D eigenvalue weighted by Gasteiger charge is -2.12. The van der Waals surface area contributed by atoms with E-state index in [0.717, 1.165) is 6.54 Å². The van der Waals surface area contributed by atoms with Crippen molar-refractivity contribution in [3.63, 3.8) is 0 Å². The maximum Gasteiger partial charge on any atom is 0.109 e. The van der Waals surface area contributed by atoms with Gasteiger partial charge in [-0.1, -0.05) is 15.9 Å². The van der Waals surface area contributed by atoms with Crippen molar-refractivity contribution < 1.29 is 10.2 Å². The Balaban J connectivity index is 2.70. The van der Waals surface area contributed by atoms with Gasteiger partial charge in [0.25, 0.3) is 0 Å². The molecule has 0 spiro atoms. The molecular weight excluding hydrogens is 236 g/mol. The first-order valence-electron chi connectivity index (χ1n) is 4.13. The van der Waals surface area contributed by atoms with Gasteiger partial charge in [0.2, 0.25) is 0 Å². The number of halogens is 1. The number of hydrogen-bond donors (Lipinski definition) is 2. The normalized spacial score (nSPS) is 15.7. The van der Waals surface area contributed by atoms with Crippen LogP contribution in [-0.2, 0) is 6.54 Å². The van der Waals surface area contributed by atoms with E-state index < -0.39 is 12.2 Å². The smallest absolute Gasteiger partial charge is 0.109 e. The van der Waals surface area contributed by atoms with E-state index in [1.807, 2.05) is 6.92 Å². The number of alkyl halides is 1. The van der Waals surface area contributed by atoms with E-state index in [9.17, 15) is 10.2 Å². The minimum atomic E-state index is -0.861. The van der Waals surface area contributed by atoms with Gasteiger partial charge in [0.1, 0.15) is 6.10 Å². The Morgan fingerprint density at radius 2 is 2.31 bits per heavy atom. The highest BCUT2D eigenvalue weighted by Gasteiger charge is 2.18. The SMILES string of the molecule is CCn1cc(C(O)C(O)CBr)cn1. The van der Waals surface area contributed by atoms with Crippen LogP contribution in [0.1, 0.15) is 18.6 Å². The van der Waals surface area contributed by atoms with E-state index in [1.54, 1.807) is 17.1 Å². The van der Waals surface area contributed by atoms with Gasteiger partial charge >= 0.3 is 0 Å². The van der Waals surface area contributed by atoms with Gasteiger partial charge in [0.05, 0.1) is 12.3 Å². The van der Waals surface area contributed by atoms with Crippen LogP contribution < -0.4 is 0 Å². The van der Waals surface area contributed by atoms with Crippen LogP contribution in [0.15, 0.2) is 12.4 Å². The quantitative estimate of drug-likeness (QED) is 0.772. The molecule has 0 amide bonds. The Kier molecular flexibility index (Phi) is 3.90. The summed E-state index contributed by atoms with van der Waals surface area (Å²) in [5.41, 5.74) is 0.647. The number of aryl methyl sites for hydroxylation is 1. The van der Waals surface area contributed by atoms with Crippen LogP contribution in [0.5, 0.6) is 0 Å². The topological polar surface area (TPSA) is 58.3 Å². The minimum absolute atomic E-state index is 0.353. The predicted octanol–water partition coefficient (Wildman–Crippen LogP) is 0.692. The summed E-state index contributed by atoms with van der Waals surface area (Å²) in [7, 11) is 0. The first-order chi connectivity index (χ1) is 6.19. The lowest BCUT2D eigenvalue weighted by molar-refractivity contribution is 0.0342. The Morgan fingerprint density at radius 3 is 2.77 bits per heavy atom. The van der Waals surface area contributed by atoms with E-state index in [4.69, 9.17) is 0 Å². The standard InChI is InChI=1S/C8H13BrN2O2/c1-2-11-5-6(4-10-11)8(13)7(12)3-9/h4-5,7-8,12-13H,2-3H2,1H3. The first-order valence-corrected chi connectivity index (χ1v) is 5.25. The second-order valence-corrected chi connectivity index (χ2v) is 3.44. The van der Waals surface area contributed by atoms with Crippen LogP contribution in [0.2, 0.25) is 0 Å². The van der Waals surface area contributed by atoms with Crippen molar-refractivity contribution >= 4 is 15.9 Å². The molecule has 0 aliphatic heterocycles. The van der Waals surface area contributed by atoms with Crippen LogP contribution in [0.4, 0.5) is 0 Å². The zero-order chi connectivity index (χ0) is 9.84. The van der Waals surface area contributed by atoms with Crippen LogP contribution in [-0.4, -0.2) is 31.4 Å². The molecule has 0 aromatic carbocycles. The maximum atomic E-state index is 9.56. The largest absolute Gasteiger partial charge is 0.389 e. The fourth-order valence-electron chi connectivity index (χ4n) is 1.01. The van der Waals surface area contributed by atoms with E-state index in [0.29, 0.717) is 10.9 Å². The highest BCUT2D eigenvalue weighted by atomic mass is 79.9. The summed E-state index contributed by atoms with van der Waals surface area (Å²) < 4.78 is 1.71. The molecule has 1 rings (SSSR count). The number of hydrogen-bond acceptors (Lipinski definition) is 3. The molecule has 2 atom stereocenters. The van der Waals surface area contributed by atoms with Gasteiger partial charge in [-0.2, -0.15) is 5.10 Å². The number of nitrogens with zero attached hydrogens (tertiary/aromatic N) is 2. The summed E-state index contributed by atoms with van der Waals surface area (Å²) in [6.45, 7) is 2.72. The number of aliphatic hydroxyl groups is 2. The molecule has 0 saturated carbocycles. The van der Waals surface area contributed by atoms with Crippen molar-refractivity contribution in [1.82, 2.24) is 9.78 Å². The molecule has 2 N–H and O–H groups in total. The van der Waals surface area contributed by atoms with Gasteiger partial charge in [0.15, 0.2) is 0 Å². The third kappa shape index (κ3) is 2.52. The van der Waals surface area contributed by atoms with Gasteiger partial charge < -0.3 is 10.2 Å². The van der Waals surface area contributed by atoms with E-state index in [-0.39, 0.29) is 0 Å². The molecule has 1 aromatic heterocycles. The molecule has 0 saturated heterocycles. The van der Waals surface area contributed by atoms with Gasteiger partial charge in [-0.05, 0) is 6.92 Å². The van der Waals surface area contributed by atoms with E-state index in [2.05, 4.69) is 21.0 Å². The van der Waals surface area contributed by atoms with Crippen LogP contribution in [0.25, 0.3) is 0 Å². The molecule has 13 heavy (non-hydrogen) atoms. The first kappa shape index (κ1) is 10.7. The third-order valence-electron chi connectivity index (χ3n) is 1.84. The lowest BCUT2D eigenvalue weighted by Crippen LogP contribution is -2.18. The fraction of sp³-hybridized carbons (Fsp3) is 0.625. The second-order valence-electron chi connectivity index (χ2n) is 2.80. The molecule has 74 valence electrons. The molecule has 1 aromatic rings. The van der Waals surface area contributed by atoms with Gasteiger partial charge in [0, 0.05) is 23.6 Å². The van der Waals surface area contributed by atoms with Gasteiger partial charge in [-0.3, -0.25) is 4.68 Å². The predicted molar refractivity (Wildman–Crippen MR) is 52.7 cm³/mol. The van der Waals surface area contributed by atoms with Crippen molar-refractivity contribution in [2.75, 3.05) is 5.33 Å². The second kappa shape index (κ2) is 4.74. The van der Waals surface area contributed by atoms with Crippen molar-refractivity contribution in [2.24, 2.45) is 0 Å². The third-order valence-corrected chi connectivity index (χ3v) is 2.50. The average Bonchev–Trinajstić information content (AvgIpc) is 2.63. The van der Waals surface area contributed by atoms with Crippen molar-refractivity contribution in [3.8, 4) is 0 Å². The van der Waals surface area contributed by atoms with Crippen LogP contribution >= 0.6 is 15.9 Å². The molecule has 5 heteroatoms. The highest BCUT2D eigenvalue weighted by Crippen LogP contribution is 2.17. The molecule has 2 unspecified atom stereocenters. The Bertz CT molecular complexity index is 264. The highest BCUT2D eigenvalue weighted by molar-refractivity contribution is 9.09. The molecule has 0 bridgehead atoms. The summed E-state index contributed by atoms with van der Waals surface area (Å²) in [5.74, 6) is 0. The Labute approximate surface area is 85.3 Å². The van der Waals surface area contributed by atoms with Crippen molar-refractivity contribution in [3.05, 3.63) is 18.0 Å². The van der Waals surface area contributed by atoms with Gasteiger partial charge in [-0.15, -0.1) is 0 Å². The summed E-state index contributed by atoms with van der Waals surface area (Å²) in [5, 5.41) is 23.2. The summed E-state index contributed by atoms with van der Waals surface area (Å²) in [6.07, 6.45) is 1.66. The average molecular weight is 249 g/mol. The van der Waals surface area contributed by atoms with Crippen molar-refractivity contribution in [2.45, 2.75) is 25.7 Å². The van der Waals surface area contributed by atoms with Gasteiger partial charge in [-0.25, -0.2) is 0 Å².